The van der Waals surface area contributed by atoms with Crippen molar-refractivity contribution < 1.29 is 14.3 Å². The molecule has 2 saturated heterocycles. The summed E-state index contributed by atoms with van der Waals surface area (Å²) in [6.45, 7) is 4.76. The average Bonchev–Trinajstić information content (AvgIpc) is 3.48. The van der Waals surface area contributed by atoms with Crippen LogP contribution in [0.1, 0.15) is 35.3 Å². The Kier molecular flexibility index (Phi) is 6.19. The Hall–Kier alpha value is -3.81. The number of urea groups is 1. The lowest BCUT2D eigenvalue weighted by molar-refractivity contribution is 0.0739. The summed E-state index contributed by atoms with van der Waals surface area (Å²) in [5.74, 6) is 0.683. The van der Waals surface area contributed by atoms with E-state index in [0.717, 1.165) is 43.7 Å². The zero-order valence-electron chi connectivity index (χ0n) is 20.2. The molecule has 2 aliphatic heterocycles. The van der Waals surface area contributed by atoms with Crippen LogP contribution in [0.3, 0.4) is 0 Å². The summed E-state index contributed by atoms with van der Waals surface area (Å²) in [7, 11) is 1.59. The third kappa shape index (κ3) is 4.48. The molecule has 35 heavy (non-hydrogen) atoms. The molecule has 0 radical (unpaired) electrons. The molecule has 5 rings (SSSR count). The van der Waals surface area contributed by atoms with Gasteiger partial charge in [-0.15, -0.1) is 0 Å². The highest BCUT2D eigenvalue weighted by Gasteiger charge is 2.43. The van der Waals surface area contributed by atoms with Gasteiger partial charge in [-0.3, -0.25) is 4.79 Å². The number of anilines is 1. The van der Waals surface area contributed by atoms with Crippen LogP contribution in [0.15, 0.2) is 60.8 Å². The van der Waals surface area contributed by atoms with Gasteiger partial charge in [0.15, 0.2) is 0 Å². The number of ether oxygens (including phenoxy) is 1. The van der Waals surface area contributed by atoms with Gasteiger partial charge in [-0.25, -0.2) is 9.48 Å². The first-order valence-electron chi connectivity index (χ1n) is 12.1. The molecule has 0 aliphatic carbocycles. The van der Waals surface area contributed by atoms with E-state index in [0.29, 0.717) is 30.1 Å². The molecule has 1 N–H and O–H groups in total. The first-order valence-corrected chi connectivity index (χ1v) is 12.1. The first kappa shape index (κ1) is 23.0. The monoisotopic (exact) mass is 473 g/mol. The van der Waals surface area contributed by atoms with Crippen LogP contribution in [0.2, 0.25) is 0 Å². The fraction of sp³-hybridized carbons (Fsp3) is 0.370. The van der Waals surface area contributed by atoms with Crippen molar-refractivity contribution in [2.24, 2.45) is 5.41 Å². The molecule has 0 saturated carbocycles. The number of likely N-dealkylation sites (tertiary alicyclic amines) is 2. The molecule has 1 aromatic heterocycles. The second-order valence-corrected chi connectivity index (χ2v) is 9.49. The molecular weight excluding hydrogens is 442 g/mol. The van der Waals surface area contributed by atoms with Gasteiger partial charge in [-0.05, 0) is 55.9 Å². The minimum Gasteiger partial charge on any atom is -0.495 e. The van der Waals surface area contributed by atoms with Crippen molar-refractivity contribution >= 4 is 17.6 Å². The number of rotatable bonds is 4. The minimum absolute atomic E-state index is 0.0397. The van der Waals surface area contributed by atoms with Crippen molar-refractivity contribution in [3.8, 4) is 11.4 Å². The van der Waals surface area contributed by atoms with E-state index in [9.17, 15) is 9.59 Å². The SMILES string of the molecule is COc1ccccc1NC(=O)N1CCC2(CC1)CCN(C(=O)c1cnn(-c3ccccc3)c1C)C2. The number of benzene rings is 2. The predicted molar refractivity (Wildman–Crippen MR) is 134 cm³/mol. The molecule has 0 unspecified atom stereocenters. The van der Waals surface area contributed by atoms with E-state index >= 15 is 0 Å². The van der Waals surface area contributed by atoms with Crippen LogP contribution in [0.4, 0.5) is 10.5 Å². The van der Waals surface area contributed by atoms with Crippen LogP contribution in [0.5, 0.6) is 5.75 Å². The Bertz CT molecular complexity index is 1210. The maximum absolute atomic E-state index is 13.4. The van der Waals surface area contributed by atoms with Crippen molar-refractivity contribution in [1.82, 2.24) is 19.6 Å². The quantitative estimate of drug-likeness (QED) is 0.611. The van der Waals surface area contributed by atoms with Crippen LogP contribution in [0.25, 0.3) is 5.69 Å². The molecule has 8 heteroatoms. The highest BCUT2D eigenvalue weighted by Crippen LogP contribution is 2.41. The normalized spacial score (nSPS) is 17.0. The molecule has 3 amide bonds. The van der Waals surface area contributed by atoms with Crippen LogP contribution in [-0.2, 0) is 0 Å². The van der Waals surface area contributed by atoms with Gasteiger partial charge in [0.2, 0.25) is 0 Å². The van der Waals surface area contributed by atoms with E-state index in [2.05, 4.69) is 10.4 Å². The number of hydrogen-bond donors (Lipinski definition) is 1. The third-order valence-electron chi connectivity index (χ3n) is 7.43. The minimum atomic E-state index is -0.112. The highest BCUT2D eigenvalue weighted by molar-refractivity contribution is 5.95. The average molecular weight is 474 g/mol. The molecule has 0 atom stereocenters. The predicted octanol–water partition coefficient (Wildman–Crippen LogP) is 4.35. The summed E-state index contributed by atoms with van der Waals surface area (Å²) in [6, 6.07) is 17.2. The number of carbonyl (C=O) groups is 2. The molecule has 2 aromatic carbocycles. The summed E-state index contributed by atoms with van der Waals surface area (Å²) in [5.41, 5.74) is 3.19. The Morgan fingerprint density at radius 1 is 0.943 bits per heavy atom. The number of carbonyl (C=O) groups excluding carboxylic acids is 2. The number of hydrogen-bond acceptors (Lipinski definition) is 4. The lowest BCUT2D eigenvalue weighted by atomic mass is 9.78. The van der Waals surface area contributed by atoms with Crippen LogP contribution in [0, 0.1) is 12.3 Å². The van der Waals surface area contributed by atoms with Gasteiger partial charge < -0.3 is 19.9 Å². The zero-order chi connectivity index (χ0) is 24.4. The number of amides is 3. The Labute approximate surface area is 205 Å². The molecule has 3 aromatic rings. The van der Waals surface area contributed by atoms with Crippen LogP contribution >= 0.6 is 0 Å². The maximum atomic E-state index is 13.4. The third-order valence-corrected chi connectivity index (χ3v) is 7.43. The van der Waals surface area contributed by atoms with Gasteiger partial charge in [-0.2, -0.15) is 5.10 Å². The second kappa shape index (κ2) is 9.44. The summed E-state index contributed by atoms with van der Waals surface area (Å²) >= 11 is 0. The fourth-order valence-electron chi connectivity index (χ4n) is 5.26. The molecule has 3 heterocycles. The smallest absolute Gasteiger partial charge is 0.321 e. The number of methoxy groups -OCH3 is 1. The molecule has 2 aliphatic rings. The number of piperidine rings is 1. The van der Waals surface area contributed by atoms with E-state index in [4.69, 9.17) is 4.74 Å². The molecule has 0 bridgehead atoms. The Morgan fingerprint density at radius 3 is 2.31 bits per heavy atom. The number of nitrogens with zero attached hydrogens (tertiary/aromatic N) is 4. The molecule has 182 valence electrons. The van der Waals surface area contributed by atoms with Crippen LogP contribution in [-0.4, -0.2) is 64.8 Å². The van der Waals surface area contributed by atoms with E-state index in [-0.39, 0.29) is 17.4 Å². The Morgan fingerprint density at radius 2 is 1.60 bits per heavy atom. The fourth-order valence-corrected chi connectivity index (χ4v) is 5.26. The van der Waals surface area contributed by atoms with Gasteiger partial charge >= 0.3 is 6.03 Å². The van der Waals surface area contributed by atoms with Gasteiger partial charge in [0.05, 0.1) is 35.9 Å². The number of nitrogens with one attached hydrogen (secondary N) is 1. The topological polar surface area (TPSA) is 79.7 Å². The highest BCUT2D eigenvalue weighted by atomic mass is 16.5. The van der Waals surface area contributed by atoms with Crippen molar-refractivity contribution in [2.75, 3.05) is 38.6 Å². The molecule has 1 spiro atoms. The summed E-state index contributed by atoms with van der Waals surface area (Å²) in [6.07, 6.45) is 4.42. The van der Waals surface area contributed by atoms with E-state index in [1.54, 1.807) is 13.3 Å². The van der Waals surface area contributed by atoms with E-state index in [1.807, 2.05) is 76.0 Å². The standard InChI is InChI=1S/C27H31N5O3/c1-20-22(18-28-32(20)21-8-4-3-5-9-21)25(33)31-17-14-27(19-31)12-15-30(16-13-27)26(34)29-23-10-6-7-11-24(23)35-2/h3-11,18H,12-17,19H2,1-2H3,(H,29,34). The second-order valence-electron chi connectivity index (χ2n) is 9.49. The molecule has 2 fully saturated rings. The van der Waals surface area contributed by atoms with Gasteiger partial charge in [0.1, 0.15) is 5.75 Å². The van der Waals surface area contributed by atoms with E-state index < -0.39 is 0 Å². The van der Waals surface area contributed by atoms with Crippen molar-refractivity contribution in [1.29, 1.82) is 0 Å². The van der Waals surface area contributed by atoms with E-state index in [1.165, 1.54) is 0 Å². The number of aromatic nitrogens is 2. The van der Waals surface area contributed by atoms with Gasteiger partial charge in [0, 0.05) is 26.2 Å². The molecular formula is C27H31N5O3. The summed E-state index contributed by atoms with van der Waals surface area (Å²) < 4.78 is 7.16. The largest absolute Gasteiger partial charge is 0.495 e. The zero-order valence-corrected chi connectivity index (χ0v) is 20.2. The Balaban J connectivity index is 1.20. The summed E-state index contributed by atoms with van der Waals surface area (Å²) in [4.78, 5) is 30.0. The lowest BCUT2D eigenvalue weighted by Crippen LogP contribution is -2.46. The first-order chi connectivity index (χ1) is 17.0. The van der Waals surface area contributed by atoms with Crippen LogP contribution < -0.4 is 10.1 Å². The number of para-hydroxylation sites is 3. The van der Waals surface area contributed by atoms with Crippen molar-refractivity contribution in [3.05, 3.63) is 72.1 Å². The maximum Gasteiger partial charge on any atom is 0.321 e. The lowest BCUT2D eigenvalue weighted by Gasteiger charge is -2.39. The van der Waals surface area contributed by atoms with Crippen molar-refractivity contribution in [2.45, 2.75) is 26.2 Å². The summed E-state index contributed by atoms with van der Waals surface area (Å²) in [5, 5.41) is 7.44. The van der Waals surface area contributed by atoms with Crippen molar-refractivity contribution in [3.63, 3.8) is 0 Å². The van der Waals surface area contributed by atoms with Gasteiger partial charge in [-0.1, -0.05) is 30.3 Å². The molecule has 8 nitrogen and oxygen atoms in total. The van der Waals surface area contributed by atoms with Gasteiger partial charge in [0.25, 0.3) is 5.91 Å².